The Bertz CT molecular complexity index is 981. The first-order valence-corrected chi connectivity index (χ1v) is 7.81. The number of fused-ring (bicyclic) bond motifs is 1. The summed E-state index contributed by atoms with van der Waals surface area (Å²) in [4.78, 5) is 24.2. The highest BCUT2D eigenvalue weighted by atomic mass is 19.1. The van der Waals surface area contributed by atoms with Crippen molar-refractivity contribution in [1.29, 1.82) is 0 Å². The SMILES string of the molecule is CCOc1ccc2c(C(=O)NCc3ccccc3F)cc(=O)oc2c1. The van der Waals surface area contributed by atoms with Crippen LogP contribution >= 0.6 is 0 Å². The van der Waals surface area contributed by atoms with Crippen LogP contribution in [-0.4, -0.2) is 12.5 Å². The summed E-state index contributed by atoms with van der Waals surface area (Å²) >= 11 is 0. The van der Waals surface area contributed by atoms with E-state index in [0.717, 1.165) is 6.07 Å². The summed E-state index contributed by atoms with van der Waals surface area (Å²) < 4.78 is 24.2. The van der Waals surface area contributed by atoms with E-state index >= 15 is 0 Å². The molecule has 6 heteroatoms. The molecule has 0 unspecified atom stereocenters. The molecule has 25 heavy (non-hydrogen) atoms. The Morgan fingerprint density at radius 2 is 2.00 bits per heavy atom. The highest BCUT2D eigenvalue weighted by molar-refractivity contribution is 6.05. The molecule has 0 saturated carbocycles. The van der Waals surface area contributed by atoms with Gasteiger partial charge in [0.15, 0.2) is 0 Å². The molecule has 0 fully saturated rings. The molecule has 128 valence electrons. The van der Waals surface area contributed by atoms with Gasteiger partial charge < -0.3 is 14.5 Å². The first-order chi connectivity index (χ1) is 12.1. The Morgan fingerprint density at radius 1 is 1.20 bits per heavy atom. The smallest absolute Gasteiger partial charge is 0.337 e. The van der Waals surface area contributed by atoms with E-state index in [4.69, 9.17) is 9.15 Å². The zero-order valence-corrected chi connectivity index (χ0v) is 13.5. The highest BCUT2D eigenvalue weighted by Gasteiger charge is 2.14. The number of carbonyl (C=O) groups is 1. The van der Waals surface area contributed by atoms with E-state index in [-0.39, 0.29) is 17.7 Å². The summed E-state index contributed by atoms with van der Waals surface area (Å²) in [6, 6.07) is 12.2. The van der Waals surface area contributed by atoms with Gasteiger partial charge in [0.1, 0.15) is 17.1 Å². The number of hydrogen-bond acceptors (Lipinski definition) is 4. The summed E-state index contributed by atoms with van der Waals surface area (Å²) in [5, 5.41) is 3.11. The maximum absolute atomic E-state index is 13.6. The molecule has 0 saturated heterocycles. The van der Waals surface area contributed by atoms with Crippen LogP contribution < -0.4 is 15.7 Å². The van der Waals surface area contributed by atoms with Gasteiger partial charge in [0, 0.05) is 29.6 Å². The molecule has 1 amide bonds. The first-order valence-electron chi connectivity index (χ1n) is 7.81. The van der Waals surface area contributed by atoms with Crippen LogP contribution in [0.15, 0.2) is 57.7 Å². The predicted octanol–water partition coefficient (Wildman–Crippen LogP) is 3.26. The Kier molecular flexibility index (Phi) is 4.79. The largest absolute Gasteiger partial charge is 0.494 e. The van der Waals surface area contributed by atoms with Crippen LogP contribution in [0.5, 0.6) is 5.75 Å². The predicted molar refractivity (Wildman–Crippen MR) is 91.2 cm³/mol. The molecule has 0 aliphatic heterocycles. The van der Waals surface area contributed by atoms with E-state index in [1.807, 2.05) is 6.92 Å². The van der Waals surface area contributed by atoms with E-state index in [2.05, 4.69) is 5.32 Å². The van der Waals surface area contributed by atoms with Crippen molar-refractivity contribution >= 4 is 16.9 Å². The Morgan fingerprint density at radius 3 is 2.76 bits per heavy atom. The molecule has 0 spiro atoms. The maximum atomic E-state index is 13.6. The van der Waals surface area contributed by atoms with E-state index in [1.165, 1.54) is 6.07 Å². The molecular formula is C19H16FNO4. The summed E-state index contributed by atoms with van der Waals surface area (Å²) in [6.07, 6.45) is 0. The molecule has 3 rings (SSSR count). The second-order valence-electron chi connectivity index (χ2n) is 5.34. The number of nitrogens with one attached hydrogen (secondary N) is 1. The lowest BCUT2D eigenvalue weighted by Crippen LogP contribution is -2.24. The topological polar surface area (TPSA) is 68.5 Å². The third kappa shape index (κ3) is 3.68. The Balaban J connectivity index is 1.90. The lowest BCUT2D eigenvalue weighted by molar-refractivity contribution is 0.0951. The Labute approximate surface area is 143 Å². The number of amides is 1. The summed E-state index contributed by atoms with van der Waals surface area (Å²) in [5.41, 5.74) is 0.152. The van der Waals surface area contributed by atoms with Gasteiger partial charge in [0.2, 0.25) is 0 Å². The van der Waals surface area contributed by atoms with Crippen LogP contribution in [0.1, 0.15) is 22.8 Å². The van der Waals surface area contributed by atoms with E-state index in [1.54, 1.807) is 36.4 Å². The van der Waals surface area contributed by atoms with E-state index in [9.17, 15) is 14.0 Å². The maximum Gasteiger partial charge on any atom is 0.337 e. The lowest BCUT2D eigenvalue weighted by atomic mass is 10.1. The van der Waals surface area contributed by atoms with E-state index < -0.39 is 17.3 Å². The quantitative estimate of drug-likeness (QED) is 0.723. The number of halogens is 1. The monoisotopic (exact) mass is 341 g/mol. The van der Waals surface area contributed by atoms with Gasteiger partial charge in [-0.25, -0.2) is 9.18 Å². The number of carbonyl (C=O) groups excluding carboxylic acids is 1. The minimum atomic E-state index is -0.641. The molecule has 0 bridgehead atoms. The molecule has 0 radical (unpaired) electrons. The molecule has 3 aromatic rings. The van der Waals surface area contributed by atoms with Crippen molar-refractivity contribution in [1.82, 2.24) is 5.32 Å². The third-order valence-corrected chi connectivity index (χ3v) is 3.67. The highest BCUT2D eigenvalue weighted by Crippen LogP contribution is 2.23. The number of rotatable bonds is 5. The van der Waals surface area contributed by atoms with Crippen LogP contribution in [-0.2, 0) is 6.54 Å². The van der Waals surface area contributed by atoms with Gasteiger partial charge >= 0.3 is 5.63 Å². The minimum absolute atomic E-state index is 0.0181. The van der Waals surface area contributed by atoms with Crippen molar-refractivity contribution in [2.45, 2.75) is 13.5 Å². The van der Waals surface area contributed by atoms with Crippen LogP contribution in [0.2, 0.25) is 0 Å². The van der Waals surface area contributed by atoms with Crippen molar-refractivity contribution in [2.24, 2.45) is 0 Å². The molecular weight excluding hydrogens is 325 g/mol. The fraction of sp³-hybridized carbons (Fsp3) is 0.158. The fourth-order valence-electron chi connectivity index (χ4n) is 2.50. The second-order valence-corrected chi connectivity index (χ2v) is 5.34. The third-order valence-electron chi connectivity index (χ3n) is 3.67. The summed E-state index contributed by atoms with van der Waals surface area (Å²) in [6.45, 7) is 2.33. The molecule has 1 heterocycles. The van der Waals surface area contributed by atoms with Gasteiger partial charge in [-0.05, 0) is 25.1 Å². The first kappa shape index (κ1) is 16.7. The number of hydrogen-bond donors (Lipinski definition) is 1. The van der Waals surface area contributed by atoms with Gasteiger partial charge in [-0.1, -0.05) is 18.2 Å². The van der Waals surface area contributed by atoms with Crippen LogP contribution in [0.3, 0.4) is 0 Å². The normalized spacial score (nSPS) is 10.6. The Hall–Kier alpha value is -3.15. The molecule has 5 nitrogen and oxygen atoms in total. The van der Waals surface area contributed by atoms with Crippen molar-refractivity contribution < 1.29 is 18.3 Å². The van der Waals surface area contributed by atoms with Gasteiger partial charge in [-0.15, -0.1) is 0 Å². The average Bonchev–Trinajstić information content (AvgIpc) is 2.60. The van der Waals surface area contributed by atoms with Crippen LogP contribution in [0, 0.1) is 5.82 Å². The van der Waals surface area contributed by atoms with Gasteiger partial charge in [0.05, 0.1) is 12.2 Å². The molecule has 0 aliphatic rings. The van der Waals surface area contributed by atoms with Gasteiger partial charge in [0.25, 0.3) is 5.91 Å². The average molecular weight is 341 g/mol. The standard InChI is InChI=1S/C19H16FNO4/c1-2-24-13-7-8-14-15(10-18(22)25-17(14)9-13)19(23)21-11-12-5-3-4-6-16(12)20/h3-10H,2,11H2,1H3,(H,21,23). The zero-order chi connectivity index (χ0) is 17.8. The fourth-order valence-corrected chi connectivity index (χ4v) is 2.50. The summed E-state index contributed by atoms with van der Waals surface area (Å²) in [5.74, 6) is -0.339. The minimum Gasteiger partial charge on any atom is -0.494 e. The molecule has 1 N–H and O–H groups in total. The van der Waals surface area contributed by atoms with E-state index in [0.29, 0.717) is 23.3 Å². The van der Waals surface area contributed by atoms with Crippen molar-refractivity contribution in [2.75, 3.05) is 6.61 Å². The second kappa shape index (κ2) is 7.17. The van der Waals surface area contributed by atoms with Crippen molar-refractivity contribution in [3.05, 3.63) is 75.9 Å². The zero-order valence-electron chi connectivity index (χ0n) is 13.5. The molecule has 0 atom stereocenters. The molecule has 0 aliphatic carbocycles. The van der Waals surface area contributed by atoms with Crippen molar-refractivity contribution in [3.8, 4) is 5.75 Å². The molecule has 1 aromatic heterocycles. The van der Waals surface area contributed by atoms with Crippen LogP contribution in [0.4, 0.5) is 4.39 Å². The molecule has 2 aromatic carbocycles. The number of ether oxygens (including phenoxy) is 1. The van der Waals surface area contributed by atoms with Gasteiger partial charge in [-0.2, -0.15) is 0 Å². The van der Waals surface area contributed by atoms with Gasteiger partial charge in [-0.3, -0.25) is 4.79 Å². The van der Waals surface area contributed by atoms with Crippen molar-refractivity contribution in [3.63, 3.8) is 0 Å². The van der Waals surface area contributed by atoms with Crippen LogP contribution in [0.25, 0.3) is 11.0 Å². The summed E-state index contributed by atoms with van der Waals surface area (Å²) in [7, 11) is 0. The lowest BCUT2D eigenvalue weighted by Gasteiger charge is -2.09. The number of benzene rings is 2.